The Bertz CT molecular complexity index is 898. The molecule has 0 bridgehead atoms. The number of aromatic nitrogens is 3. The third kappa shape index (κ3) is 3.75. The van der Waals surface area contributed by atoms with Crippen molar-refractivity contribution >= 4 is 45.6 Å². The third-order valence-electron chi connectivity index (χ3n) is 4.54. The predicted octanol–water partition coefficient (Wildman–Crippen LogP) is 4.61. The highest BCUT2D eigenvalue weighted by Crippen LogP contribution is 2.30. The number of thiazole rings is 1. The first-order chi connectivity index (χ1) is 12.7. The summed E-state index contributed by atoms with van der Waals surface area (Å²) in [5, 5.41) is 12.1. The van der Waals surface area contributed by atoms with Crippen molar-refractivity contribution in [3.8, 4) is 11.3 Å². The number of hydrogen-bond acceptors (Lipinski definition) is 5. The molecule has 0 unspecified atom stereocenters. The summed E-state index contributed by atoms with van der Waals surface area (Å²) in [5.41, 5.74) is 2.08. The first-order valence-corrected chi connectivity index (χ1v) is 11.0. The standard InChI is InChI=1S/C18H19ClN4OS2/c19-14-7-5-13(6-8-14)15-11-25-17-20-21-18(23(15)17)26-12-16(24)22-9-3-1-2-4-10-22/h5-8,11H,1-4,9-10,12H2. The molecule has 0 spiro atoms. The number of thioether (sulfide) groups is 1. The molecular formula is C18H19ClN4OS2. The van der Waals surface area contributed by atoms with Crippen molar-refractivity contribution in [1.82, 2.24) is 19.5 Å². The monoisotopic (exact) mass is 406 g/mol. The molecule has 1 saturated heterocycles. The Morgan fingerprint density at radius 3 is 2.58 bits per heavy atom. The lowest BCUT2D eigenvalue weighted by molar-refractivity contribution is -0.128. The molecule has 8 heteroatoms. The highest BCUT2D eigenvalue weighted by Gasteiger charge is 2.19. The summed E-state index contributed by atoms with van der Waals surface area (Å²) in [4.78, 5) is 15.4. The number of rotatable bonds is 4. The molecule has 26 heavy (non-hydrogen) atoms. The predicted molar refractivity (Wildman–Crippen MR) is 107 cm³/mol. The molecular weight excluding hydrogens is 388 g/mol. The number of hydrogen-bond donors (Lipinski definition) is 0. The highest BCUT2D eigenvalue weighted by atomic mass is 35.5. The average molecular weight is 407 g/mol. The van der Waals surface area contributed by atoms with Gasteiger partial charge in [-0.2, -0.15) is 0 Å². The molecule has 5 nitrogen and oxygen atoms in total. The van der Waals surface area contributed by atoms with Crippen molar-refractivity contribution in [3.05, 3.63) is 34.7 Å². The topological polar surface area (TPSA) is 50.5 Å². The second kappa shape index (κ2) is 7.98. The number of likely N-dealkylation sites (tertiary alicyclic amines) is 1. The van der Waals surface area contributed by atoms with Crippen LogP contribution in [-0.4, -0.2) is 44.2 Å². The highest BCUT2D eigenvalue weighted by molar-refractivity contribution is 7.99. The van der Waals surface area contributed by atoms with Crippen molar-refractivity contribution in [2.75, 3.05) is 18.8 Å². The number of carbonyl (C=O) groups excluding carboxylic acids is 1. The molecule has 0 radical (unpaired) electrons. The minimum Gasteiger partial charge on any atom is -0.342 e. The van der Waals surface area contributed by atoms with Crippen molar-refractivity contribution in [2.24, 2.45) is 0 Å². The van der Waals surface area contributed by atoms with Gasteiger partial charge in [-0.15, -0.1) is 21.5 Å². The normalized spacial score (nSPS) is 15.3. The lowest BCUT2D eigenvalue weighted by atomic mass is 10.2. The molecule has 4 rings (SSSR count). The Hall–Kier alpha value is -1.57. The van der Waals surface area contributed by atoms with E-state index in [0.717, 1.165) is 47.3 Å². The lowest BCUT2D eigenvalue weighted by Gasteiger charge is -2.19. The van der Waals surface area contributed by atoms with Crippen LogP contribution in [0, 0.1) is 0 Å². The second-order valence-corrected chi connectivity index (χ2v) is 8.53. The van der Waals surface area contributed by atoms with Crippen LogP contribution in [0.3, 0.4) is 0 Å². The van der Waals surface area contributed by atoms with E-state index < -0.39 is 0 Å². The van der Waals surface area contributed by atoms with Gasteiger partial charge in [-0.3, -0.25) is 9.20 Å². The summed E-state index contributed by atoms with van der Waals surface area (Å²) in [5.74, 6) is 0.591. The van der Waals surface area contributed by atoms with Gasteiger partial charge >= 0.3 is 0 Å². The molecule has 1 amide bonds. The van der Waals surface area contributed by atoms with E-state index in [1.165, 1.54) is 24.6 Å². The zero-order valence-corrected chi connectivity index (χ0v) is 16.6. The number of nitrogens with zero attached hydrogens (tertiary/aromatic N) is 4. The SMILES string of the molecule is O=C(CSc1nnc2scc(-c3ccc(Cl)cc3)n12)N1CCCCCC1. The third-order valence-corrected chi connectivity index (χ3v) is 6.53. The minimum atomic E-state index is 0.192. The molecule has 136 valence electrons. The summed E-state index contributed by atoms with van der Waals surface area (Å²) in [7, 11) is 0. The van der Waals surface area contributed by atoms with Gasteiger partial charge in [0, 0.05) is 23.5 Å². The zero-order chi connectivity index (χ0) is 17.9. The number of fused-ring (bicyclic) bond motifs is 1. The van der Waals surface area contributed by atoms with Gasteiger partial charge in [0.15, 0.2) is 5.16 Å². The van der Waals surface area contributed by atoms with E-state index in [4.69, 9.17) is 11.6 Å². The van der Waals surface area contributed by atoms with Crippen molar-refractivity contribution in [2.45, 2.75) is 30.8 Å². The van der Waals surface area contributed by atoms with Crippen LogP contribution in [0.15, 0.2) is 34.8 Å². The van der Waals surface area contributed by atoms with E-state index in [0.29, 0.717) is 10.8 Å². The largest absolute Gasteiger partial charge is 0.342 e. The van der Waals surface area contributed by atoms with Gasteiger partial charge in [-0.1, -0.05) is 48.3 Å². The van der Waals surface area contributed by atoms with Crippen molar-refractivity contribution < 1.29 is 4.79 Å². The number of benzene rings is 1. The molecule has 0 aliphatic carbocycles. The number of carbonyl (C=O) groups is 1. The quantitative estimate of drug-likeness (QED) is 0.594. The molecule has 3 aromatic rings. The summed E-state index contributed by atoms with van der Waals surface area (Å²) in [6, 6.07) is 7.72. The number of amides is 1. The summed E-state index contributed by atoms with van der Waals surface area (Å²) < 4.78 is 2.02. The van der Waals surface area contributed by atoms with Gasteiger partial charge < -0.3 is 4.90 Å². The Labute approximate surface area is 165 Å². The van der Waals surface area contributed by atoms with Gasteiger partial charge in [-0.25, -0.2) is 0 Å². The Balaban J connectivity index is 1.52. The van der Waals surface area contributed by atoms with Gasteiger partial charge in [0.1, 0.15) is 0 Å². The van der Waals surface area contributed by atoms with Gasteiger partial charge in [0.2, 0.25) is 10.9 Å². The van der Waals surface area contributed by atoms with E-state index in [1.807, 2.05) is 33.6 Å². The van der Waals surface area contributed by atoms with Crippen LogP contribution in [0.2, 0.25) is 5.02 Å². The fourth-order valence-corrected chi connectivity index (χ4v) is 5.02. The van der Waals surface area contributed by atoms with Crippen LogP contribution < -0.4 is 0 Å². The van der Waals surface area contributed by atoms with E-state index in [1.54, 1.807) is 11.3 Å². The Morgan fingerprint density at radius 1 is 1.12 bits per heavy atom. The molecule has 1 aliphatic rings. The fraction of sp³-hybridized carbons (Fsp3) is 0.389. The van der Waals surface area contributed by atoms with Gasteiger partial charge in [0.05, 0.1) is 11.4 Å². The zero-order valence-electron chi connectivity index (χ0n) is 14.2. The van der Waals surface area contributed by atoms with Crippen LogP contribution in [0.25, 0.3) is 16.2 Å². The van der Waals surface area contributed by atoms with Crippen LogP contribution in [0.1, 0.15) is 25.7 Å². The van der Waals surface area contributed by atoms with E-state index in [-0.39, 0.29) is 5.91 Å². The molecule has 0 N–H and O–H groups in total. The maximum Gasteiger partial charge on any atom is 0.233 e. The second-order valence-electron chi connectivity index (χ2n) is 6.31. The summed E-state index contributed by atoms with van der Waals surface area (Å²) in [6.45, 7) is 1.76. The molecule has 0 saturated carbocycles. The first-order valence-electron chi connectivity index (χ1n) is 8.71. The average Bonchev–Trinajstić information content (AvgIpc) is 3.13. The molecule has 3 heterocycles. The molecule has 1 aromatic carbocycles. The lowest BCUT2D eigenvalue weighted by Crippen LogP contribution is -2.33. The maximum atomic E-state index is 12.5. The van der Waals surface area contributed by atoms with E-state index in [2.05, 4.69) is 15.6 Å². The maximum absolute atomic E-state index is 12.5. The van der Waals surface area contributed by atoms with Crippen molar-refractivity contribution in [3.63, 3.8) is 0 Å². The van der Waals surface area contributed by atoms with Crippen LogP contribution in [0.5, 0.6) is 0 Å². The summed E-state index contributed by atoms with van der Waals surface area (Å²) in [6.07, 6.45) is 4.66. The van der Waals surface area contributed by atoms with Gasteiger partial charge in [-0.05, 0) is 30.5 Å². The van der Waals surface area contributed by atoms with Crippen LogP contribution in [0.4, 0.5) is 0 Å². The molecule has 1 fully saturated rings. The van der Waals surface area contributed by atoms with Crippen LogP contribution in [-0.2, 0) is 4.79 Å². The molecule has 0 atom stereocenters. The van der Waals surface area contributed by atoms with Crippen LogP contribution >= 0.6 is 34.7 Å². The Kier molecular flexibility index (Phi) is 5.47. The first kappa shape index (κ1) is 17.8. The summed E-state index contributed by atoms with van der Waals surface area (Å²) >= 11 is 9.00. The molecule has 1 aliphatic heterocycles. The minimum absolute atomic E-state index is 0.192. The van der Waals surface area contributed by atoms with Gasteiger partial charge in [0.25, 0.3) is 0 Å². The fourth-order valence-electron chi connectivity index (χ4n) is 3.15. The van der Waals surface area contributed by atoms with E-state index in [9.17, 15) is 4.79 Å². The van der Waals surface area contributed by atoms with E-state index >= 15 is 0 Å². The Morgan fingerprint density at radius 2 is 1.85 bits per heavy atom. The van der Waals surface area contributed by atoms with Crippen molar-refractivity contribution in [1.29, 1.82) is 0 Å². The number of halogens is 1. The smallest absolute Gasteiger partial charge is 0.233 e. The molecule has 2 aromatic heterocycles.